The molecule has 162 valence electrons. The number of hydrogen-bond acceptors (Lipinski definition) is 6. The predicted octanol–water partition coefficient (Wildman–Crippen LogP) is 4.42. The van der Waals surface area contributed by atoms with E-state index >= 15 is 0 Å². The predicted molar refractivity (Wildman–Crippen MR) is 118 cm³/mol. The van der Waals surface area contributed by atoms with Crippen molar-refractivity contribution in [3.63, 3.8) is 0 Å². The Morgan fingerprint density at radius 1 is 0.969 bits per heavy atom. The molecule has 0 aliphatic carbocycles. The van der Waals surface area contributed by atoms with Crippen LogP contribution in [0.4, 0.5) is 10.3 Å². The fourth-order valence-corrected chi connectivity index (χ4v) is 2.97. The van der Waals surface area contributed by atoms with Crippen LogP contribution >= 0.6 is 0 Å². The number of ether oxygens (including phenoxy) is 2. The van der Waals surface area contributed by atoms with E-state index < -0.39 is 0 Å². The Labute approximate surface area is 184 Å². The Bertz CT molecular complexity index is 1180. The van der Waals surface area contributed by atoms with E-state index in [2.05, 4.69) is 15.4 Å². The van der Waals surface area contributed by atoms with Crippen LogP contribution in [0.3, 0.4) is 0 Å². The number of carbonyl (C=O) groups excluding carboxylic acids is 1. The van der Waals surface area contributed by atoms with Crippen molar-refractivity contribution < 1.29 is 18.7 Å². The summed E-state index contributed by atoms with van der Waals surface area (Å²) in [5.41, 5.74) is 1.56. The van der Waals surface area contributed by atoms with E-state index in [-0.39, 0.29) is 24.3 Å². The molecule has 0 aliphatic heterocycles. The van der Waals surface area contributed by atoms with Crippen LogP contribution in [0.15, 0.2) is 78.9 Å². The number of benzene rings is 3. The smallest absolute Gasteiger partial charge is 0.287 e. The number of aromatic nitrogens is 3. The van der Waals surface area contributed by atoms with Gasteiger partial charge in [0, 0.05) is 12.1 Å². The molecular formula is C24H21FN4O3. The molecular weight excluding hydrogens is 411 g/mol. The molecule has 1 heterocycles. The third-order valence-corrected chi connectivity index (χ3v) is 4.66. The molecule has 0 fully saturated rings. The molecule has 0 atom stereocenters. The summed E-state index contributed by atoms with van der Waals surface area (Å²) < 4.78 is 25.1. The minimum Gasteiger partial charge on any atom is -0.497 e. The lowest BCUT2D eigenvalue weighted by atomic mass is 10.2. The first-order chi connectivity index (χ1) is 15.6. The first-order valence-electron chi connectivity index (χ1n) is 9.93. The molecule has 8 heteroatoms. The molecule has 7 nitrogen and oxygen atoms in total. The van der Waals surface area contributed by atoms with E-state index in [4.69, 9.17) is 9.47 Å². The lowest BCUT2D eigenvalue weighted by Gasteiger charge is -2.08. The van der Waals surface area contributed by atoms with Crippen LogP contribution in [-0.4, -0.2) is 34.4 Å². The third-order valence-electron chi connectivity index (χ3n) is 4.66. The third kappa shape index (κ3) is 5.10. The van der Waals surface area contributed by atoms with Gasteiger partial charge in [-0.05, 0) is 54.1 Å². The first kappa shape index (κ1) is 21.0. The van der Waals surface area contributed by atoms with Gasteiger partial charge < -0.3 is 14.8 Å². The van der Waals surface area contributed by atoms with Gasteiger partial charge in [-0.2, -0.15) is 9.67 Å². The zero-order valence-electron chi connectivity index (χ0n) is 17.4. The maximum absolute atomic E-state index is 13.2. The molecule has 0 radical (unpaired) electrons. The highest BCUT2D eigenvalue weighted by Crippen LogP contribution is 2.22. The fraction of sp³-hybridized carbons (Fsp3) is 0.125. The van der Waals surface area contributed by atoms with E-state index in [0.29, 0.717) is 23.9 Å². The Morgan fingerprint density at radius 2 is 1.69 bits per heavy atom. The highest BCUT2D eigenvalue weighted by atomic mass is 19.1. The fourth-order valence-electron chi connectivity index (χ4n) is 2.97. The second-order valence-electron chi connectivity index (χ2n) is 6.87. The van der Waals surface area contributed by atoms with Crippen LogP contribution < -0.4 is 14.8 Å². The Hall–Kier alpha value is -4.20. The van der Waals surface area contributed by atoms with Gasteiger partial charge in [0.1, 0.15) is 17.3 Å². The summed E-state index contributed by atoms with van der Waals surface area (Å²) in [6.07, 6.45) is 0. The van der Waals surface area contributed by atoms with Crippen molar-refractivity contribution >= 4 is 11.9 Å². The molecule has 0 saturated carbocycles. The van der Waals surface area contributed by atoms with E-state index in [1.165, 1.54) is 16.8 Å². The Morgan fingerprint density at radius 3 is 2.38 bits per heavy atom. The van der Waals surface area contributed by atoms with Gasteiger partial charge in [0.05, 0.1) is 7.11 Å². The second-order valence-corrected chi connectivity index (χ2v) is 6.87. The van der Waals surface area contributed by atoms with E-state index in [1.807, 2.05) is 30.3 Å². The van der Waals surface area contributed by atoms with Crippen LogP contribution in [0.25, 0.3) is 11.4 Å². The van der Waals surface area contributed by atoms with Crippen molar-refractivity contribution in [3.05, 3.63) is 90.2 Å². The summed E-state index contributed by atoms with van der Waals surface area (Å²) >= 11 is 0. The van der Waals surface area contributed by atoms with E-state index in [1.54, 1.807) is 43.5 Å². The van der Waals surface area contributed by atoms with Crippen molar-refractivity contribution in [3.8, 4) is 22.9 Å². The van der Waals surface area contributed by atoms with Gasteiger partial charge in [0.25, 0.3) is 5.91 Å². The quantitative estimate of drug-likeness (QED) is 0.444. The minimum atomic E-state index is -0.386. The highest BCUT2D eigenvalue weighted by Gasteiger charge is 2.18. The number of methoxy groups -OCH3 is 1. The summed E-state index contributed by atoms with van der Waals surface area (Å²) in [6.45, 7) is 0.133. The maximum atomic E-state index is 13.2. The molecule has 0 aliphatic rings. The van der Waals surface area contributed by atoms with Gasteiger partial charge in [0.2, 0.25) is 5.95 Å². The molecule has 1 N–H and O–H groups in total. The number of para-hydroxylation sites is 1. The van der Waals surface area contributed by atoms with Crippen molar-refractivity contribution in [2.75, 3.05) is 19.0 Å². The number of carbonyl (C=O) groups is 1. The zero-order chi connectivity index (χ0) is 22.3. The van der Waals surface area contributed by atoms with Gasteiger partial charge in [-0.15, -0.1) is 5.10 Å². The SMILES string of the molecule is COc1ccc(-c2nc(NCc3ccc(F)cc3)n(C(=O)COc3ccccc3)n2)cc1. The summed E-state index contributed by atoms with van der Waals surface area (Å²) in [5, 5.41) is 7.49. The average molecular weight is 432 g/mol. The van der Waals surface area contributed by atoms with E-state index in [0.717, 1.165) is 11.1 Å². The number of halogens is 1. The monoisotopic (exact) mass is 432 g/mol. The number of nitrogens with zero attached hydrogens (tertiary/aromatic N) is 3. The molecule has 0 unspecified atom stereocenters. The van der Waals surface area contributed by atoms with Crippen molar-refractivity contribution in [1.29, 1.82) is 0 Å². The van der Waals surface area contributed by atoms with Gasteiger partial charge in [-0.25, -0.2) is 4.39 Å². The molecule has 0 bridgehead atoms. The topological polar surface area (TPSA) is 78.3 Å². The number of nitrogens with one attached hydrogen (secondary N) is 1. The van der Waals surface area contributed by atoms with Gasteiger partial charge >= 0.3 is 0 Å². The van der Waals surface area contributed by atoms with Gasteiger partial charge in [-0.3, -0.25) is 4.79 Å². The van der Waals surface area contributed by atoms with Gasteiger partial charge in [-0.1, -0.05) is 30.3 Å². The average Bonchev–Trinajstić information content (AvgIpc) is 3.27. The Balaban J connectivity index is 1.57. The molecule has 32 heavy (non-hydrogen) atoms. The van der Waals surface area contributed by atoms with Crippen LogP contribution in [0, 0.1) is 5.82 Å². The summed E-state index contributed by atoms with van der Waals surface area (Å²) in [5.74, 6) is 1.23. The lowest BCUT2D eigenvalue weighted by molar-refractivity contribution is 0.0824. The number of rotatable bonds is 8. The van der Waals surface area contributed by atoms with E-state index in [9.17, 15) is 9.18 Å². The maximum Gasteiger partial charge on any atom is 0.287 e. The molecule has 0 amide bonds. The van der Waals surface area contributed by atoms with Crippen molar-refractivity contribution in [2.45, 2.75) is 6.54 Å². The van der Waals surface area contributed by atoms with Gasteiger partial charge in [0.15, 0.2) is 12.4 Å². The lowest BCUT2D eigenvalue weighted by Crippen LogP contribution is -2.22. The standard InChI is InChI=1S/C24H21FN4O3/c1-31-20-13-9-18(10-14-20)23-27-24(26-15-17-7-11-19(25)12-8-17)29(28-23)22(30)16-32-21-5-3-2-4-6-21/h2-14H,15-16H2,1H3,(H,26,27,28). The van der Waals surface area contributed by atoms with Crippen LogP contribution in [-0.2, 0) is 6.54 Å². The molecule has 0 saturated heterocycles. The second kappa shape index (κ2) is 9.74. The summed E-state index contributed by atoms with van der Waals surface area (Å²) in [7, 11) is 1.59. The van der Waals surface area contributed by atoms with Crippen molar-refractivity contribution in [2.24, 2.45) is 0 Å². The first-order valence-corrected chi connectivity index (χ1v) is 9.93. The zero-order valence-corrected chi connectivity index (χ0v) is 17.4. The Kier molecular flexibility index (Phi) is 6.41. The van der Waals surface area contributed by atoms with Crippen LogP contribution in [0.5, 0.6) is 11.5 Å². The van der Waals surface area contributed by atoms with Crippen molar-refractivity contribution in [1.82, 2.24) is 14.8 Å². The summed E-state index contributed by atoms with van der Waals surface area (Å²) in [4.78, 5) is 17.4. The minimum absolute atomic E-state index is 0.208. The molecule has 0 spiro atoms. The highest BCUT2D eigenvalue weighted by molar-refractivity contribution is 5.82. The van der Waals surface area contributed by atoms with Crippen LogP contribution in [0.2, 0.25) is 0 Å². The molecule has 4 rings (SSSR count). The molecule has 3 aromatic carbocycles. The van der Waals surface area contributed by atoms with Crippen LogP contribution in [0.1, 0.15) is 10.4 Å². The number of anilines is 1. The summed E-state index contributed by atoms with van der Waals surface area (Å²) in [6, 6.07) is 22.3. The normalized spacial score (nSPS) is 10.6. The number of hydrogen-bond donors (Lipinski definition) is 1. The molecule has 1 aromatic heterocycles. The molecule has 4 aromatic rings. The largest absolute Gasteiger partial charge is 0.497 e.